The third kappa shape index (κ3) is 2.30. The Morgan fingerprint density at radius 1 is 1.83 bits per heavy atom. The maximum Gasteiger partial charge on any atom is 0.154 e. The van der Waals surface area contributed by atoms with E-state index in [1.165, 1.54) is 11.3 Å². The molecule has 0 amide bonds. The van der Waals surface area contributed by atoms with Crippen LogP contribution in [0.25, 0.3) is 0 Å². The van der Waals surface area contributed by atoms with E-state index in [4.69, 9.17) is 17.3 Å². The van der Waals surface area contributed by atoms with Crippen LogP contribution in [0.3, 0.4) is 0 Å². The molecule has 1 aromatic heterocycles. The van der Waals surface area contributed by atoms with Crippen molar-refractivity contribution >= 4 is 28.7 Å². The van der Waals surface area contributed by atoms with Crippen molar-refractivity contribution in [1.82, 2.24) is 0 Å². The van der Waals surface area contributed by atoms with Gasteiger partial charge in [-0.1, -0.05) is 11.6 Å². The number of hydrogen-bond donors (Lipinski definition) is 1. The lowest BCUT2D eigenvalue weighted by atomic mass is 10.1. The van der Waals surface area contributed by atoms with Gasteiger partial charge >= 0.3 is 0 Å². The van der Waals surface area contributed by atoms with Gasteiger partial charge < -0.3 is 5.73 Å². The summed E-state index contributed by atoms with van der Waals surface area (Å²) in [5.74, 6) is 0.0272. The molecule has 1 rings (SSSR count). The first kappa shape index (κ1) is 9.71. The van der Waals surface area contributed by atoms with E-state index in [0.29, 0.717) is 11.4 Å². The van der Waals surface area contributed by atoms with E-state index in [-0.39, 0.29) is 5.78 Å². The topological polar surface area (TPSA) is 43.1 Å². The number of nitrogens with two attached hydrogens (primary N) is 1. The highest BCUT2D eigenvalue weighted by atomic mass is 35.5. The summed E-state index contributed by atoms with van der Waals surface area (Å²) < 4.78 is 0. The Kier molecular flexibility index (Phi) is 3.26. The summed E-state index contributed by atoms with van der Waals surface area (Å²) in [5, 5.41) is 2.53. The highest BCUT2D eigenvalue weighted by Crippen LogP contribution is 2.22. The van der Waals surface area contributed by atoms with Crippen LogP contribution in [0.15, 0.2) is 11.4 Å². The van der Waals surface area contributed by atoms with Gasteiger partial charge in [-0.2, -0.15) is 0 Å². The van der Waals surface area contributed by atoms with Crippen LogP contribution in [-0.2, 0) is 11.2 Å². The van der Waals surface area contributed by atoms with E-state index in [2.05, 4.69) is 0 Å². The molecule has 12 heavy (non-hydrogen) atoms. The van der Waals surface area contributed by atoms with Gasteiger partial charge in [-0.3, -0.25) is 4.79 Å². The first-order chi connectivity index (χ1) is 5.61. The zero-order valence-electron chi connectivity index (χ0n) is 6.71. The van der Waals surface area contributed by atoms with Crippen LogP contribution in [0.1, 0.15) is 11.8 Å². The molecule has 0 aromatic carbocycles. The van der Waals surface area contributed by atoms with Gasteiger partial charge in [0.2, 0.25) is 0 Å². The Balaban J connectivity index is 2.64. The van der Waals surface area contributed by atoms with E-state index in [1.807, 2.05) is 5.38 Å². The molecule has 0 saturated carbocycles. The number of hydrogen-bond acceptors (Lipinski definition) is 3. The number of halogens is 1. The fourth-order valence-electron chi connectivity index (χ4n) is 0.770. The Bertz CT molecular complexity index is 282. The van der Waals surface area contributed by atoms with E-state index < -0.39 is 6.04 Å². The third-order valence-corrected chi connectivity index (χ3v) is 2.92. The molecule has 2 nitrogen and oxygen atoms in total. The molecule has 0 aliphatic rings. The zero-order chi connectivity index (χ0) is 9.14. The van der Waals surface area contributed by atoms with Crippen molar-refractivity contribution < 1.29 is 4.79 Å². The first-order valence-electron chi connectivity index (χ1n) is 3.61. The van der Waals surface area contributed by atoms with Crippen LogP contribution >= 0.6 is 22.9 Å². The van der Waals surface area contributed by atoms with Crippen molar-refractivity contribution in [2.24, 2.45) is 5.73 Å². The lowest BCUT2D eigenvalue weighted by Crippen LogP contribution is -2.27. The van der Waals surface area contributed by atoms with Gasteiger partial charge in [-0.05, 0) is 18.4 Å². The van der Waals surface area contributed by atoms with Gasteiger partial charge in [0.05, 0.1) is 11.1 Å². The van der Waals surface area contributed by atoms with Crippen LogP contribution in [0, 0.1) is 0 Å². The van der Waals surface area contributed by atoms with Gasteiger partial charge in [0.15, 0.2) is 5.78 Å². The Hall–Kier alpha value is -0.380. The van der Waals surface area contributed by atoms with E-state index in [0.717, 1.165) is 4.88 Å². The molecule has 0 radical (unpaired) electrons. The molecule has 0 bridgehead atoms. The molecular formula is C8H10ClNOS. The summed E-state index contributed by atoms with van der Waals surface area (Å²) >= 11 is 7.29. The van der Waals surface area contributed by atoms with Crippen LogP contribution in [0.4, 0.5) is 0 Å². The van der Waals surface area contributed by atoms with Gasteiger partial charge in [0.1, 0.15) is 0 Å². The molecule has 0 spiro atoms. The largest absolute Gasteiger partial charge is 0.322 e. The summed E-state index contributed by atoms with van der Waals surface area (Å²) in [6.45, 7) is 1.68. The number of ketones is 1. The minimum atomic E-state index is -0.400. The van der Waals surface area contributed by atoms with Crippen molar-refractivity contribution in [3.63, 3.8) is 0 Å². The summed E-state index contributed by atoms with van der Waals surface area (Å²) in [6.07, 6.45) is 0.355. The second kappa shape index (κ2) is 4.03. The summed E-state index contributed by atoms with van der Waals surface area (Å²) in [7, 11) is 0. The normalized spacial score (nSPS) is 12.9. The molecule has 1 heterocycles. The smallest absolute Gasteiger partial charge is 0.154 e. The number of carbonyl (C=O) groups excluding carboxylic acids is 1. The minimum Gasteiger partial charge on any atom is -0.322 e. The Labute approximate surface area is 80.3 Å². The van der Waals surface area contributed by atoms with Crippen LogP contribution in [-0.4, -0.2) is 11.8 Å². The van der Waals surface area contributed by atoms with Crippen molar-refractivity contribution in [2.75, 3.05) is 0 Å². The van der Waals surface area contributed by atoms with Gasteiger partial charge in [0, 0.05) is 11.3 Å². The molecule has 0 saturated heterocycles. The summed E-state index contributed by atoms with van der Waals surface area (Å²) in [4.78, 5) is 12.1. The SMILES string of the molecule is CC(N)C(=O)Cc1sccc1Cl. The number of rotatable bonds is 3. The molecule has 1 unspecified atom stereocenters. The fourth-order valence-corrected chi connectivity index (χ4v) is 1.88. The molecule has 0 aliphatic heterocycles. The molecule has 1 atom stereocenters. The molecule has 0 fully saturated rings. The predicted octanol–water partition coefficient (Wildman–Crippen LogP) is 1.86. The predicted molar refractivity (Wildman–Crippen MR) is 51.7 cm³/mol. The Morgan fingerprint density at radius 3 is 2.92 bits per heavy atom. The standard InChI is InChI=1S/C8H10ClNOS/c1-5(10)7(11)4-8-6(9)2-3-12-8/h2-3,5H,4,10H2,1H3. The number of thiophene rings is 1. The van der Waals surface area contributed by atoms with Crippen LogP contribution in [0.2, 0.25) is 5.02 Å². The second-order valence-corrected chi connectivity index (χ2v) is 4.03. The molecule has 66 valence electrons. The molecule has 2 N–H and O–H groups in total. The van der Waals surface area contributed by atoms with Crippen molar-refractivity contribution in [2.45, 2.75) is 19.4 Å². The van der Waals surface area contributed by atoms with Gasteiger partial charge in [-0.25, -0.2) is 0 Å². The average molecular weight is 204 g/mol. The molecular weight excluding hydrogens is 194 g/mol. The third-order valence-electron chi connectivity index (χ3n) is 1.53. The van der Waals surface area contributed by atoms with Crippen LogP contribution in [0.5, 0.6) is 0 Å². The average Bonchev–Trinajstić information content (AvgIpc) is 2.36. The number of carbonyl (C=O) groups is 1. The lowest BCUT2D eigenvalue weighted by Gasteiger charge is -2.01. The van der Waals surface area contributed by atoms with E-state index in [9.17, 15) is 4.79 Å². The molecule has 4 heteroatoms. The summed E-state index contributed by atoms with van der Waals surface area (Å²) in [6, 6.07) is 1.39. The van der Waals surface area contributed by atoms with E-state index >= 15 is 0 Å². The maximum absolute atomic E-state index is 11.2. The fraction of sp³-hybridized carbons (Fsp3) is 0.375. The van der Waals surface area contributed by atoms with Crippen molar-refractivity contribution in [3.8, 4) is 0 Å². The number of Topliss-reactive ketones (excluding diaryl/α,β-unsaturated/α-hetero) is 1. The lowest BCUT2D eigenvalue weighted by molar-refractivity contribution is -0.119. The quantitative estimate of drug-likeness (QED) is 0.815. The summed E-state index contributed by atoms with van der Waals surface area (Å²) in [5.41, 5.74) is 5.41. The van der Waals surface area contributed by atoms with E-state index in [1.54, 1.807) is 13.0 Å². The molecule has 1 aromatic rings. The minimum absolute atomic E-state index is 0.0272. The Morgan fingerprint density at radius 2 is 2.50 bits per heavy atom. The van der Waals surface area contributed by atoms with Gasteiger partial charge in [-0.15, -0.1) is 11.3 Å². The first-order valence-corrected chi connectivity index (χ1v) is 4.87. The maximum atomic E-state index is 11.2. The van der Waals surface area contributed by atoms with Crippen molar-refractivity contribution in [1.29, 1.82) is 0 Å². The molecule has 0 aliphatic carbocycles. The highest BCUT2D eigenvalue weighted by molar-refractivity contribution is 7.10. The van der Waals surface area contributed by atoms with Crippen molar-refractivity contribution in [3.05, 3.63) is 21.3 Å². The van der Waals surface area contributed by atoms with Crippen LogP contribution < -0.4 is 5.73 Å². The zero-order valence-corrected chi connectivity index (χ0v) is 8.28. The highest BCUT2D eigenvalue weighted by Gasteiger charge is 2.11. The second-order valence-electron chi connectivity index (χ2n) is 2.62. The van der Waals surface area contributed by atoms with Gasteiger partial charge in [0.25, 0.3) is 0 Å². The monoisotopic (exact) mass is 203 g/mol.